The summed E-state index contributed by atoms with van der Waals surface area (Å²) in [6.45, 7) is 6.68. The predicted molar refractivity (Wildman–Crippen MR) is 114 cm³/mol. The second-order valence-corrected chi connectivity index (χ2v) is 7.37. The highest BCUT2D eigenvalue weighted by molar-refractivity contribution is 5.73. The van der Waals surface area contributed by atoms with Crippen molar-refractivity contribution in [3.8, 4) is 6.01 Å². The van der Waals surface area contributed by atoms with E-state index in [1.807, 2.05) is 0 Å². The van der Waals surface area contributed by atoms with E-state index in [4.69, 9.17) is 16.2 Å². The van der Waals surface area contributed by atoms with Gasteiger partial charge >= 0.3 is 6.01 Å². The third-order valence-corrected chi connectivity index (χ3v) is 4.99. The Hall–Kier alpha value is -2.54. The Labute approximate surface area is 167 Å². The van der Waals surface area contributed by atoms with Gasteiger partial charge in [-0.1, -0.05) is 44.0 Å². The number of unbranched alkanes of at least 4 members (excludes halogenated alkanes) is 1. The molecule has 0 atom stereocenters. The number of nitrogens with two attached hydrogens (primary N) is 2. The molecule has 1 aliphatic rings. The lowest BCUT2D eigenvalue weighted by Gasteiger charge is -2.26. The molecule has 1 saturated heterocycles. The molecule has 5 N–H and O–H groups in total. The zero-order valence-corrected chi connectivity index (χ0v) is 16.8. The van der Waals surface area contributed by atoms with Crippen molar-refractivity contribution in [2.45, 2.75) is 52.1 Å². The Morgan fingerprint density at radius 3 is 2.68 bits per heavy atom. The lowest BCUT2D eigenvalue weighted by molar-refractivity contribution is 0.221. The number of likely N-dealkylation sites (tertiary alicyclic amines) is 1. The van der Waals surface area contributed by atoms with Gasteiger partial charge in [0.05, 0.1) is 6.61 Å². The van der Waals surface area contributed by atoms with Crippen molar-refractivity contribution in [1.29, 1.82) is 0 Å². The normalized spacial score (nSPS) is 14.8. The van der Waals surface area contributed by atoms with E-state index < -0.39 is 0 Å². The van der Waals surface area contributed by atoms with Crippen LogP contribution in [0.25, 0.3) is 0 Å². The summed E-state index contributed by atoms with van der Waals surface area (Å²) in [5.74, 6) is 0.753. The SMILES string of the molecule is CCCCOc1nc(N)c(N)c(NCc2cccc(CN3CCCCC3)c2)n1. The number of aromatic nitrogens is 2. The average Bonchev–Trinajstić information content (AvgIpc) is 2.71. The maximum atomic E-state index is 6.05. The van der Waals surface area contributed by atoms with E-state index in [-0.39, 0.29) is 11.8 Å². The van der Waals surface area contributed by atoms with Gasteiger partial charge in [-0.2, -0.15) is 9.97 Å². The van der Waals surface area contributed by atoms with Gasteiger partial charge in [-0.25, -0.2) is 0 Å². The molecular weight excluding hydrogens is 352 g/mol. The van der Waals surface area contributed by atoms with Crippen LogP contribution in [-0.4, -0.2) is 34.6 Å². The number of ether oxygens (including phenoxy) is 1. The van der Waals surface area contributed by atoms with E-state index in [0.29, 0.717) is 24.7 Å². The molecule has 2 aromatic rings. The van der Waals surface area contributed by atoms with Crippen LogP contribution in [0.15, 0.2) is 24.3 Å². The highest BCUT2D eigenvalue weighted by Gasteiger charge is 2.12. The second-order valence-electron chi connectivity index (χ2n) is 7.37. The molecule has 0 radical (unpaired) electrons. The molecule has 0 aliphatic carbocycles. The molecule has 152 valence electrons. The minimum absolute atomic E-state index is 0.239. The van der Waals surface area contributed by atoms with Crippen LogP contribution >= 0.6 is 0 Å². The van der Waals surface area contributed by atoms with Crippen LogP contribution in [0.4, 0.5) is 17.3 Å². The number of rotatable bonds is 9. The molecule has 28 heavy (non-hydrogen) atoms. The van der Waals surface area contributed by atoms with E-state index in [9.17, 15) is 0 Å². The smallest absolute Gasteiger partial charge is 0.320 e. The van der Waals surface area contributed by atoms with Crippen molar-refractivity contribution in [3.05, 3.63) is 35.4 Å². The summed E-state index contributed by atoms with van der Waals surface area (Å²) in [5.41, 5.74) is 14.8. The van der Waals surface area contributed by atoms with E-state index in [0.717, 1.165) is 19.4 Å². The Kier molecular flexibility index (Phi) is 7.31. The van der Waals surface area contributed by atoms with Crippen molar-refractivity contribution in [2.75, 3.05) is 36.5 Å². The Morgan fingerprint density at radius 2 is 1.89 bits per heavy atom. The molecule has 2 heterocycles. The average molecular weight is 385 g/mol. The zero-order valence-electron chi connectivity index (χ0n) is 16.8. The Bertz CT molecular complexity index is 761. The van der Waals surface area contributed by atoms with Gasteiger partial charge in [0.25, 0.3) is 0 Å². The molecular formula is C21H32N6O. The first kappa shape index (κ1) is 20.2. The summed E-state index contributed by atoms with van der Waals surface area (Å²) in [5, 5.41) is 3.28. The summed E-state index contributed by atoms with van der Waals surface area (Å²) in [7, 11) is 0. The van der Waals surface area contributed by atoms with E-state index in [1.165, 1.54) is 43.5 Å². The third kappa shape index (κ3) is 5.73. The van der Waals surface area contributed by atoms with E-state index in [2.05, 4.69) is 51.4 Å². The summed E-state index contributed by atoms with van der Waals surface area (Å²) in [6.07, 6.45) is 5.95. The van der Waals surface area contributed by atoms with Crippen LogP contribution in [0.2, 0.25) is 0 Å². The molecule has 7 nitrogen and oxygen atoms in total. The minimum Gasteiger partial charge on any atom is -0.463 e. The standard InChI is InChI=1S/C21H32N6O/c1-2-3-12-28-21-25-19(23)18(22)20(26-21)24-14-16-8-7-9-17(13-16)15-27-10-5-4-6-11-27/h7-9,13H,2-6,10-12,14-15,22H2,1H3,(H3,23,24,25,26). The van der Waals surface area contributed by atoms with Crippen molar-refractivity contribution in [2.24, 2.45) is 0 Å². The highest BCUT2D eigenvalue weighted by Crippen LogP contribution is 2.25. The number of anilines is 3. The van der Waals surface area contributed by atoms with Gasteiger partial charge in [-0.3, -0.25) is 4.90 Å². The van der Waals surface area contributed by atoms with Crippen LogP contribution in [0, 0.1) is 0 Å². The first-order valence-corrected chi connectivity index (χ1v) is 10.3. The molecule has 0 saturated carbocycles. The fourth-order valence-corrected chi connectivity index (χ4v) is 3.37. The Balaban J connectivity index is 1.62. The van der Waals surface area contributed by atoms with Gasteiger partial charge < -0.3 is 21.5 Å². The zero-order chi connectivity index (χ0) is 19.8. The number of nitrogens with one attached hydrogen (secondary N) is 1. The van der Waals surface area contributed by atoms with Crippen molar-refractivity contribution < 1.29 is 4.74 Å². The largest absolute Gasteiger partial charge is 0.463 e. The van der Waals surface area contributed by atoms with E-state index in [1.54, 1.807) is 0 Å². The number of nitrogen functional groups attached to an aromatic ring is 2. The van der Waals surface area contributed by atoms with Crippen molar-refractivity contribution >= 4 is 17.3 Å². The monoisotopic (exact) mass is 384 g/mol. The summed E-state index contributed by atoms with van der Waals surface area (Å²) >= 11 is 0. The van der Waals surface area contributed by atoms with Crippen LogP contribution in [0.1, 0.15) is 50.2 Å². The fourth-order valence-electron chi connectivity index (χ4n) is 3.37. The number of piperidine rings is 1. The summed E-state index contributed by atoms with van der Waals surface area (Å²) < 4.78 is 5.58. The summed E-state index contributed by atoms with van der Waals surface area (Å²) in [4.78, 5) is 11.0. The first-order valence-electron chi connectivity index (χ1n) is 10.3. The molecule has 0 unspecified atom stereocenters. The third-order valence-electron chi connectivity index (χ3n) is 4.99. The topological polar surface area (TPSA) is 102 Å². The maximum absolute atomic E-state index is 6.05. The molecule has 0 amide bonds. The van der Waals surface area contributed by atoms with Crippen molar-refractivity contribution in [3.63, 3.8) is 0 Å². The minimum atomic E-state index is 0.239. The number of hydrogen-bond donors (Lipinski definition) is 3. The van der Waals surface area contributed by atoms with Gasteiger partial charge in [0.15, 0.2) is 11.6 Å². The molecule has 1 aliphatic heterocycles. The van der Waals surface area contributed by atoms with E-state index >= 15 is 0 Å². The van der Waals surface area contributed by atoms with Crippen LogP contribution < -0.4 is 21.5 Å². The van der Waals surface area contributed by atoms with Crippen LogP contribution in [0.3, 0.4) is 0 Å². The fraction of sp³-hybridized carbons (Fsp3) is 0.524. The molecule has 1 aromatic heterocycles. The van der Waals surface area contributed by atoms with Crippen molar-refractivity contribution in [1.82, 2.24) is 14.9 Å². The Morgan fingerprint density at radius 1 is 1.11 bits per heavy atom. The second kappa shape index (κ2) is 10.1. The molecule has 7 heteroatoms. The highest BCUT2D eigenvalue weighted by atomic mass is 16.5. The van der Waals surface area contributed by atoms with Gasteiger partial charge in [0.2, 0.25) is 0 Å². The molecule has 0 spiro atoms. The predicted octanol–water partition coefficient (Wildman–Crippen LogP) is 3.42. The lowest BCUT2D eigenvalue weighted by Crippen LogP contribution is -2.29. The van der Waals surface area contributed by atoms with Crippen LogP contribution in [0.5, 0.6) is 6.01 Å². The molecule has 1 aromatic carbocycles. The quantitative estimate of drug-likeness (QED) is 0.569. The van der Waals surface area contributed by atoms with Crippen LogP contribution in [-0.2, 0) is 13.1 Å². The van der Waals surface area contributed by atoms with Gasteiger partial charge in [0.1, 0.15) is 5.69 Å². The maximum Gasteiger partial charge on any atom is 0.320 e. The number of hydrogen-bond acceptors (Lipinski definition) is 7. The number of nitrogens with zero attached hydrogens (tertiary/aromatic N) is 3. The molecule has 1 fully saturated rings. The number of benzene rings is 1. The van der Waals surface area contributed by atoms with Gasteiger partial charge in [0, 0.05) is 13.1 Å². The first-order chi connectivity index (χ1) is 13.7. The molecule has 3 rings (SSSR count). The molecule has 0 bridgehead atoms. The lowest BCUT2D eigenvalue weighted by atomic mass is 10.1. The summed E-state index contributed by atoms with van der Waals surface area (Å²) in [6, 6.07) is 8.90. The van der Waals surface area contributed by atoms with Gasteiger partial charge in [-0.15, -0.1) is 0 Å². The van der Waals surface area contributed by atoms with Gasteiger partial charge in [-0.05, 0) is 43.5 Å².